The van der Waals surface area contributed by atoms with Crippen molar-refractivity contribution in [3.8, 4) is 5.75 Å². The van der Waals surface area contributed by atoms with E-state index in [1.807, 2.05) is 36.1 Å². The van der Waals surface area contributed by atoms with Crippen LogP contribution in [-0.4, -0.2) is 30.6 Å². The lowest BCUT2D eigenvalue weighted by Gasteiger charge is -2.33. The lowest BCUT2D eigenvalue weighted by molar-refractivity contribution is 0.172. The minimum atomic E-state index is 0.00423. The normalized spacial score (nSPS) is 15.7. The van der Waals surface area contributed by atoms with Gasteiger partial charge in [0.15, 0.2) is 0 Å². The van der Waals surface area contributed by atoms with Crippen molar-refractivity contribution in [1.29, 1.82) is 0 Å². The Morgan fingerprint density at radius 1 is 1.25 bits per heavy atom. The highest BCUT2D eigenvalue weighted by Crippen LogP contribution is 2.23. The second-order valence-electron chi connectivity index (χ2n) is 5.24. The van der Waals surface area contributed by atoms with Crippen LogP contribution in [0.5, 0.6) is 5.75 Å². The van der Waals surface area contributed by atoms with Crippen molar-refractivity contribution in [3.63, 3.8) is 0 Å². The van der Waals surface area contributed by atoms with Crippen LogP contribution in [0.4, 0.5) is 10.5 Å². The zero-order valence-corrected chi connectivity index (χ0v) is 12.4. The molecule has 4 nitrogen and oxygen atoms in total. The quantitative estimate of drug-likeness (QED) is 0.906. The van der Waals surface area contributed by atoms with Crippen LogP contribution in [0.15, 0.2) is 24.3 Å². The molecule has 2 amide bonds. The summed E-state index contributed by atoms with van der Waals surface area (Å²) in [5.41, 5.74) is 0.810. The van der Waals surface area contributed by atoms with Gasteiger partial charge in [0, 0.05) is 18.3 Å². The summed E-state index contributed by atoms with van der Waals surface area (Å²) in [5, 5.41) is 2.97. The van der Waals surface area contributed by atoms with Crippen molar-refractivity contribution in [1.82, 2.24) is 4.90 Å². The van der Waals surface area contributed by atoms with Gasteiger partial charge in [0.2, 0.25) is 0 Å². The maximum atomic E-state index is 12.4. The third-order valence-electron chi connectivity index (χ3n) is 3.96. The number of hydrogen-bond donors (Lipinski definition) is 1. The first kappa shape index (κ1) is 14.7. The number of nitrogens with zero attached hydrogens (tertiary/aromatic N) is 1. The Kier molecular flexibility index (Phi) is 5.27. The molecule has 0 bridgehead atoms. The zero-order chi connectivity index (χ0) is 14.4. The molecule has 1 N–H and O–H groups in total. The number of methoxy groups -OCH3 is 1. The van der Waals surface area contributed by atoms with Crippen LogP contribution >= 0.6 is 0 Å². The summed E-state index contributed by atoms with van der Waals surface area (Å²) in [7, 11) is 1.63. The Labute approximate surface area is 121 Å². The molecule has 0 atom stereocenters. The van der Waals surface area contributed by atoms with Gasteiger partial charge in [-0.2, -0.15) is 0 Å². The fraction of sp³-hybridized carbons (Fsp3) is 0.562. The fourth-order valence-corrected chi connectivity index (χ4v) is 2.83. The topological polar surface area (TPSA) is 41.6 Å². The minimum Gasteiger partial charge on any atom is -0.497 e. The highest BCUT2D eigenvalue weighted by Gasteiger charge is 2.23. The molecule has 2 rings (SSSR count). The number of nitrogens with one attached hydrogen (secondary N) is 1. The zero-order valence-electron chi connectivity index (χ0n) is 12.4. The summed E-state index contributed by atoms with van der Waals surface area (Å²) >= 11 is 0. The van der Waals surface area contributed by atoms with Crippen LogP contribution in [0.3, 0.4) is 0 Å². The van der Waals surface area contributed by atoms with E-state index < -0.39 is 0 Å². The first-order valence-electron chi connectivity index (χ1n) is 7.46. The molecule has 0 radical (unpaired) electrons. The molecular weight excluding hydrogens is 252 g/mol. The third kappa shape index (κ3) is 3.65. The van der Waals surface area contributed by atoms with Crippen LogP contribution in [0.25, 0.3) is 0 Å². The van der Waals surface area contributed by atoms with Crippen molar-refractivity contribution in [3.05, 3.63) is 24.3 Å². The standard InChI is InChI=1S/C16H24N2O2/c1-3-18(14-7-5-4-6-8-14)16(19)17-13-9-11-15(20-2)12-10-13/h9-12,14H,3-8H2,1-2H3,(H,17,19). The Bertz CT molecular complexity index is 425. The largest absolute Gasteiger partial charge is 0.497 e. The summed E-state index contributed by atoms with van der Waals surface area (Å²) in [4.78, 5) is 14.3. The second-order valence-corrected chi connectivity index (χ2v) is 5.24. The molecule has 0 spiro atoms. The lowest BCUT2D eigenvalue weighted by Crippen LogP contribution is -2.43. The first-order chi connectivity index (χ1) is 9.74. The predicted octanol–water partition coefficient (Wildman–Crippen LogP) is 3.88. The monoisotopic (exact) mass is 276 g/mol. The smallest absolute Gasteiger partial charge is 0.322 e. The molecule has 0 unspecified atom stereocenters. The van der Waals surface area contributed by atoms with Gasteiger partial charge in [-0.3, -0.25) is 0 Å². The van der Waals surface area contributed by atoms with Crippen molar-refractivity contribution in [2.75, 3.05) is 19.0 Å². The maximum Gasteiger partial charge on any atom is 0.322 e. The Morgan fingerprint density at radius 2 is 1.90 bits per heavy atom. The first-order valence-corrected chi connectivity index (χ1v) is 7.46. The Morgan fingerprint density at radius 3 is 2.45 bits per heavy atom. The van der Waals surface area contributed by atoms with Gasteiger partial charge in [0.05, 0.1) is 7.11 Å². The summed E-state index contributed by atoms with van der Waals surface area (Å²) < 4.78 is 5.11. The molecule has 1 aliphatic carbocycles. The van der Waals surface area contributed by atoms with Gasteiger partial charge in [-0.25, -0.2) is 4.79 Å². The Balaban J connectivity index is 1.97. The van der Waals surface area contributed by atoms with Crippen LogP contribution in [0, 0.1) is 0 Å². The van der Waals surface area contributed by atoms with Crippen molar-refractivity contribution in [2.24, 2.45) is 0 Å². The number of amides is 2. The van der Waals surface area contributed by atoms with Crippen molar-refractivity contribution < 1.29 is 9.53 Å². The SMILES string of the molecule is CCN(C(=O)Nc1ccc(OC)cc1)C1CCCCC1. The second kappa shape index (κ2) is 7.17. The summed E-state index contributed by atoms with van der Waals surface area (Å²) in [6.45, 7) is 2.80. The highest BCUT2D eigenvalue weighted by molar-refractivity contribution is 5.89. The Hall–Kier alpha value is -1.71. The molecule has 0 aromatic heterocycles. The molecular formula is C16H24N2O2. The number of rotatable bonds is 4. The average Bonchev–Trinajstić information content (AvgIpc) is 2.50. The molecule has 20 heavy (non-hydrogen) atoms. The van der Waals surface area contributed by atoms with Crippen LogP contribution < -0.4 is 10.1 Å². The van der Waals surface area contributed by atoms with Gasteiger partial charge in [-0.1, -0.05) is 19.3 Å². The van der Waals surface area contributed by atoms with E-state index in [0.717, 1.165) is 30.8 Å². The van der Waals surface area contributed by atoms with Gasteiger partial charge in [0.1, 0.15) is 5.75 Å². The summed E-state index contributed by atoms with van der Waals surface area (Å²) in [6, 6.07) is 7.84. The van der Waals surface area contributed by atoms with E-state index in [1.54, 1.807) is 7.11 Å². The van der Waals surface area contributed by atoms with E-state index in [1.165, 1.54) is 19.3 Å². The van der Waals surface area contributed by atoms with E-state index >= 15 is 0 Å². The molecule has 0 heterocycles. The molecule has 1 fully saturated rings. The fourth-order valence-electron chi connectivity index (χ4n) is 2.83. The number of carbonyl (C=O) groups excluding carboxylic acids is 1. The van der Waals surface area contributed by atoms with E-state index in [-0.39, 0.29) is 6.03 Å². The van der Waals surface area contributed by atoms with E-state index in [4.69, 9.17) is 4.74 Å². The number of benzene rings is 1. The average molecular weight is 276 g/mol. The van der Waals surface area contributed by atoms with Gasteiger partial charge >= 0.3 is 6.03 Å². The van der Waals surface area contributed by atoms with Gasteiger partial charge in [0.25, 0.3) is 0 Å². The third-order valence-corrected chi connectivity index (χ3v) is 3.96. The molecule has 0 aliphatic heterocycles. The molecule has 1 aromatic carbocycles. The van der Waals surface area contributed by atoms with Gasteiger partial charge < -0.3 is 15.0 Å². The molecule has 1 aromatic rings. The number of anilines is 1. The molecule has 1 aliphatic rings. The van der Waals surface area contributed by atoms with Crippen LogP contribution in [0.1, 0.15) is 39.0 Å². The van der Waals surface area contributed by atoms with E-state index in [0.29, 0.717) is 6.04 Å². The number of urea groups is 1. The van der Waals surface area contributed by atoms with E-state index in [9.17, 15) is 4.79 Å². The van der Waals surface area contributed by atoms with Crippen molar-refractivity contribution in [2.45, 2.75) is 45.1 Å². The number of ether oxygens (including phenoxy) is 1. The summed E-state index contributed by atoms with van der Waals surface area (Å²) in [6.07, 6.45) is 6.02. The van der Waals surface area contributed by atoms with Gasteiger partial charge in [-0.15, -0.1) is 0 Å². The minimum absolute atomic E-state index is 0.00423. The lowest BCUT2D eigenvalue weighted by atomic mass is 9.94. The van der Waals surface area contributed by atoms with Crippen LogP contribution in [-0.2, 0) is 0 Å². The predicted molar refractivity (Wildman–Crippen MR) is 81.3 cm³/mol. The highest BCUT2D eigenvalue weighted by atomic mass is 16.5. The van der Waals surface area contributed by atoms with Crippen molar-refractivity contribution >= 4 is 11.7 Å². The van der Waals surface area contributed by atoms with E-state index in [2.05, 4.69) is 5.32 Å². The molecule has 1 saturated carbocycles. The van der Waals surface area contributed by atoms with Crippen LogP contribution in [0.2, 0.25) is 0 Å². The summed E-state index contributed by atoms with van der Waals surface area (Å²) in [5.74, 6) is 0.794. The molecule has 4 heteroatoms. The molecule has 110 valence electrons. The van der Waals surface area contributed by atoms with Gasteiger partial charge in [-0.05, 0) is 44.0 Å². The number of hydrogen-bond acceptors (Lipinski definition) is 2. The number of carbonyl (C=O) groups is 1. The maximum absolute atomic E-state index is 12.4. The molecule has 0 saturated heterocycles.